The van der Waals surface area contributed by atoms with Crippen LogP contribution in [0.2, 0.25) is 0 Å². The van der Waals surface area contributed by atoms with Gasteiger partial charge >= 0.3 is 17.9 Å². The number of carbonyl (C=O) groups excluding carboxylic acids is 2. The molecule has 2 rings (SSSR count). The highest BCUT2D eigenvalue weighted by molar-refractivity contribution is 6.12. The summed E-state index contributed by atoms with van der Waals surface area (Å²) in [6.07, 6.45) is 0. The van der Waals surface area contributed by atoms with Crippen molar-refractivity contribution in [2.45, 2.75) is 13.8 Å². The number of aromatic nitrogens is 1. The normalized spacial score (nSPS) is 10.2. The molecule has 7 nitrogen and oxygen atoms in total. The smallest absolute Gasteiger partial charge is 0.355 e. The summed E-state index contributed by atoms with van der Waals surface area (Å²) >= 11 is 0. The molecule has 0 bridgehead atoms. The molecule has 0 saturated heterocycles. The Balaban J connectivity index is 2.76. The summed E-state index contributed by atoms with van der Waals surface area (Å²) in [4.78, 5) is 38.5. The molecule has 0 aliphatic carbocycles. The summed E-state index contributed by atoms with van der Waals surface area (Å²) in [7, 11) is 0. The van der Waals surface area contributed by atoms with Crippen molar-refractivity contribution in [3.8, 4) is 11.1 Å². The molecular weight excluding hydrogens is 314 g/mol. The summed E-state index contributed by atoms with van der Waals surface area (Å²) in [5, 5.41) is 9.39. The van der Waals surface area contributed by atoms with Crippen LogP contribution in [0.15, 0.2) is 30.3 Å². The molecule has 2 aromatic rings. The number of ether oxygens (including phenoxy) is 2. The van der Waals surface area contributed by atoms with E-state index < -0.39 is 23.6 Å². The molecule has 0 aliphatic rings. The van der Waals surface area contributed by atoms with Gasteiger partial charge in [0.2, 0.25) is 0 Å². The number of carboxylic acids is 1. The number of benzene rings is 1. The Bertz CT molecular complexity index is 763. The Morgan fingerprint density at radius 1 is 0.958 bits per heavy atom. The Kier molecular flexibility index (Phi) is 5.36. The number of H-pyrrole nitrogens is 1. The van der Waals surface area contributed by atoms with E-state index in [4.69, 9.17) is 9.47 Å². The largest absolute Gasteiger partial charge is 0.477 e. The zero-order valence-corrected chi connectivity index (χ0v) is 13.3. The van der Waals surface area contributed by atoms with Crippen LogP contribution in [0.25, 0.3) is 11.1 Å². The molecule has 7 heteroatoms. The Hall–Kier alpha value is -3.09. The van der Waals surface area contributed by atoms with Gasteiger partial charge in [-0.25, -0.2) is 14.4 Å². The first-order valence-corrected chi connectivity index (χ1v) is 7.40. The minimum absolute atomic E-state index is 0.0754. The Morgan fingerprint density at radius 3 is 2.08 bits per heavy atom. The molecule has 126 valence electrons. The van der Waals surface area contributed by atoms with E-state index in [1.54, 1.807) is 44.2 Å². The zero-order valence-electron chi connectivity index (χ0n) is 13.3. The van der Waals surface area contributed by atoms with E-state index in [2.05, 4.69) is 4.98 Å². The molecule has 2 N–H and O–H groups in total. The second-order valence-corrected chi connectivity index (χ2v) is 4.74. The maximum atomic E-state index is 12.3. The number of hydrogen-bond donors (Lipinski definition) is 2. The van der Waals surface area contributed by atoms with E-state index in [1.165, 1.54) is 0 Å². The van der Waals surface area contributed by atoms with Crippen molar-refractivity contribution in [3.05, 3.63) is 47.3 Å². The lowest BCUT2D eigenvalue weighted by molar-refractivity contribution is 0.0512. The van der Waals surface area contributed by atoms with Crippen molar-refractivity contribution in [2.24, 2.45) is 0 Å². The van der Waals surface area contributed by atoms with Crippen molar-refractivity contribution >= 4 is 17.9 Å². The fourth-order valence-electron chi connectivity index (χ4n) is 2.32. The third kappa shape index (κ3) is 3.29. The van der Waals surface area contributed by atoms with Crippen molar-refractivity contribution in [3.63, 3.8) is 0 Å². The van der Waals surface area contributed by atoms with Crippen LogP contribution < -0.4 is 0 Å². The van der Waals surface area contributed by atoms with Gasteiger partial charge in [0.25, 0.3) is 0 Å². The quantitative estimate of drug-likeness (QED) is 0.788. The van der Waals surface area contributed by atoms with Crippen LogP contribution in [-0.4, -0.2) is 41.2 Å². The molecule has 0 spiro atoms. The van der Waals surface area contributed by atoms with E-state index >= 15 is 0 Å². The lowest BCUT2D eigenvalue weighted by Crippen LogP contribution is -2.11. The molecule has 0 saturated carbocycles. The van der Waals surface area contributed by atoms with Crippen LogP contribution in [0.4, 0.5) is 0 Å². The summed E-state index contributed by atoms with van der Waals surface area (Å²) in [6.45, 7) is 3.43. The molecule has 0 amide bonds. The SMILES string of the molecule is CCOC(=O)c1[nH]c(C(=O)O)c(C(=O)OCC)c1-c1ccccc1. The van der Waals surface area contributed by atoms with E-state index in [-0.39, 0.29) is 30.0 Å². The molecule has 24 heavy (non-hydrogen) atoms. The highest BCUT2D eigenvalue weighted by atomic mass is 16.5. The number of carbonyl (C=O) groups is 3. The molecule has 0 atom stereocenters. The van der Waals surface area contributed by atoms with Gasteiger partial charge < -0.3 is 19.6 Å². The van der Waals surface area contributed by atoms with Gasteiger partial charge in [-0.1, -0.05) is 30.3 Å². The fourth-order valence-corrected chi connectivity index (χ4v) is 2.32. The van der Waals surface area contributed by atoms with Crippen molar-refractivity contribution < 1.29 is 29.0 Å². The molecule has 1 aromatic carbocycles. The minimum Gasteiger partial charge on any atom is -0.477 e. The summed E-state index contributed by atoms with van der Waals surface area (Å²) in [6, 6.07) is 8.53. The van der Waals surface area contributed by atoms with Crippen LogP contribution in [0.3, 0.4) is 0 Å². The van der Waals surface area contributed by atoms with Gasteiger partial charge in [-0.05, 0) is 19.4 Å². The second kappa shape index (κ2) is 7.45. The highest BCUT2D eigenvalue weighted by Gasteiger charge is 2.31. The van der Waals surface area contributed by atoms with Gasteiger partial charge in [0.05, 0.1) is 13.2 Å². The lowest BCUT2D eigenvalue weighted by atomic mass is 10.00. The van der Waals surface area contributed by atoms with Crippen molar-refractivity contribution in [1.29, 1.82) is 0 Å². The first-order valence-electron chi connectivity index (χ1n) is 7.40. The molecule has 0 fully saturated rings. The zero-order chi connectivity index (χ0) is 17.7. The van der Waals surface area contributed by atoms with Crippen LogP contribution in [-0.2, 0) is 9.47 Å². The van der Waals surface area contributed by atoms with Crippen LogP contribution >= 0.6 is 0 Å². The second-order valence-electron chi connectivity index (χ2n) is 4.74. The fraction of sp³-hybridized carbons (Fsp3) is 0.235. The summed E-state index contributed by atoms with van der Waals surface area (Å²) < 4.78 is 9.92. The minimum atomic E-state index is -1.37. The Morgan fingerprint density at radius 2 is 1.54 bits per heavy atom. The number of hydrogen-bond acceptors (Lipinski definition) is 5. The third-order valence-electron chi connectivity index (χ3n) is 3.24. The van der Waals surface area contributed by atoms with Crippen molar-refractivity contribution in [2.75, 3.05) is 13.2 Å². The van der Waals surface area contributed by atoms with E-state index in [1.807, 2.05) is 0 Å². The summed E-state index contributed by atoms with van der Waals surface area (Å²) in [5.74, 6) is -2.93. The van der Waals surface area contributed by atoms with Gasteiger partial charge in [0.15, 0.2) is 0 Å². The van der Waals surface area contributed by atoms with Gasteiger partial charge in [-0.3, -0.25) is 0 Å². The number of esters is 2. The van der Waals surface area contributed by atoms with Gasteiger partial charge in [-0.2, -0.15) is 0 Å². The maximum absolute atomic E-state index is 12.3. The van der Waals surface area contributed by atoms with E-state index in [0.717, 1.165) is 0 Å². The molecule has 1 aromatic heterocycles. The third-order valence-corrected chi connectivity index (χ3v) is 3.24. The number of rotatable bonds is 6. The van der Waals surface area contributed by atoms with Gasteiger partial charge in [-0.15, -0.1) is 0 Å². The maximum Gasteiger partial charge on any atom is 0.355 e. The number of nitrogens with one attached hydrogen (secondary N) is 1. The molecular formula is C17H17NO6. The van der Waals surface area contributed by atoms with E-state index in [0.29, 0.717) is 5.56 Å². The monoisotopic (exact) mass is 331 g/mol. The molecule has 0 unspecified atom stereocenters. The number of carboxylic acid groups (broad SMARTS) is 1. The van der Waals surface area contributed by atoms with Crippen LogP contribution in [0.1, 0.15) is 45.2 Å². The average Bonchev–Trinajstić information content (AvgIpc) is 2.97. The molecule has 0 aliphatic heterocycles. The predicted molar refractivity (Wildman–Crippen MR) is 85.1 cm³/mol. The first-order chi connectivity index (χ1) is 11.5. The van der Waals surface area contributed by atoms with Crippen LogP contribution in [0.5, 0.6) is 0 Å². The highest BCUT2D eigenvalue weighted by Crippen LogP contribution is 2.32. The number of aromatic amines is 1. The van der Waals surface area contributed by atoms with Crippen molar-refractivity contribution in [1.82, 2.24) is 4.98 Å². The topological polar surface area (TPSA) is 106 Å². The standard InChI is InChI=1S/C17H17NO6/c1-3-23-16(21)12-11(10-8-6-5-7-9-10)14(17(22)24-4-2)18-13(12)15(19)20/h5-9,18H,3-4H2,1-2H3,(H,19,20). The molecule has 0 radical (unpaired) electrons. The van der Waals surface area contributed by atoms with Crippen LogP contribution in [0, 0.1) is 0 Å². The van der Waals surface area contributed by atoms with Gasteiger partial charge in [0, 0.05) is 5.56 Å². The van der Waals surface area contributed by atoms with E-state index in [9.17, 15) is 19.5 Å². The summed E-state index contributed by atoms with van der Waals surface area (Å²) in [5.41, 5.74) is -0.0327. The van der Waals surface area contributed by atoms with Gasteiger partial charge in [0.1, 0.15) is 17.0 Å². The average molecular weight is 331 g/mol. The Labute approximate surface area is 138 Å². The predicted octanol–water partition coefficient (Wildman–Crippen LogP) is 2.73. The lowest BCUT2D eigenvalue weighted by Gasteiger charge is -2.07. The first kappa shape index (κ1) is 17.3. The number of aromatic carboxylic acids is 1. The molecule has 1 heterocycles.